The fourth-order valence-corrected chi connectivity index (χ4v) is 2.10. The summed E-state index contributed by atoms with van der Waals surface area (Å²) in [5.41, 5.74) is 0.699. The number of hydrogen-bond acceptors (Lipinski definition) is 1. The zero-order valence-electron chi connectivity index (χ0n) is 10.5. The van der Waals surface area contributed by atoms with E-state index in [9.17, 15) is 4.79 Å². The highest BCUT2D eigenvalue weighted by molar-refractivity contribution is 9.10. The molecule has 17 heavy (non-hydrogen) atoms. The topological polar surface area (TPSA) is 29.1 Å². The molecule has 1 amide bonds. The van der Waals surface area contributed by atoms with E-state index in [1.165, 1.54) is 0 Å². The third-order valence-electron chi connectivity index (χ3n) is 2.29. The summed E-state index contributed by atoms with van der Waals surface area (Å²) in [6.07, 6.45) is 1.000. The van der Waals surface area contributed by atoms with Crippen molar-refractivity contribution in [1.29, 1.82) is 0 Å². The van der Waals surface area contributed by atoms with Crippen molar-refractivity contribution in [2.75, 3.05) is 0 Å². The molecule has 0 aliphatic rings. The summed E-state index contributed by atoms with van der Waals surface area (Å²) in [6.45, 7) is 6.35. The summed E-state index contributed by atoms with van der Waals surface area (Å²) in [4.78, 5) is 11.9. The van der Waals surface area contributed by atoms with Crippen LogP contribution in [0.25, 0.3) is 0 Å². The van der Waals surface area contributed by atoms with Gasteiger partial charge in [-0.2, -0.15) is 13.5 Å². The summed E-state index contributed by atoms with van der Waals surface area (Å²) >= 11 is 3.36. The molecule has 1 atom stereocenters. The SMILES string of the molecule is CC(C)C[C@H](C)NC(=O)c1cccc(Br)c1.S. The summed E-state index contributed by atoms with van der Waals surface area (Å²) < 4.78 is 0.927. The van der Waals surface area contributed by atoms with Gasteiger partial charge in [-0.25, -0.2) is 0 Å². The second-order valence-electron chi connectivity index (χ2n) is 4.51. The molecular weight excluding hydrogens is 298 g/mol. The Morgan fingerprint density at radius 3 is 2.53 bits per heavy atom. The Morgan fingerprint density at radius 2 is 2.00 bits per heavy atom. The van der Waals surface area contributed by atoms with Gasteiger partial charge in [0.05, 0.1) is 0 Å². The van der Waals surface area contributed by atoms with Crippen molar-refractivity contribution < 1.29 is 4.79 Å². The zero-order chi connectivity index (χ0) is 12.1. The molecule has 1 rings (SSSR count). The van der Waals surface area contributed by atoms with Crippen molar-refractivity contribution in [3.63, 3.8) is 0 Å². The first-order valence-electron chi connectivity index (χ1n) is 5.55. The molecule has 0 aliphatic heterocycles. The second kappa shape index (κ2) is 7.77. The lowest BCUT2D eigenvalue weighted by atomic mass is 10.0. The molecule has 1 N–H and O–H groups in total. The van der Waals surface area contributed by atoms with Crippen LogP contribution in [0.3, 0.4) is 0 Å². The molecule has 0 aliphatic carbocycles. The Kier molecular flexibility index (Phi) is 7.55. The van der Waals surface area contributed by atoms with Crippen LogP contribution in [0.15, 0.2) is 28.7 Å². The van der Waals surface area contributed by atoms with Crippen molar-refractivity contribution in [1.82, 2.24) is 5.32 Å². The van der Waals surface area contributed by atoms with Crippen LogP contribution in [-0.2, 0) is 0 Å². The fraction of sp³-hybridized carbons (Fsp3) is 0.462. The predicted octanol–water partition coefficient (Wildman–Crippen LogP) is 3.73. The molecule has 0 aromatic heterocycles. The number of rotatable bonds is 4. The molecule has 1 aromatic carbocycles. The lowest BCUT2D eigenvalue weighted by Crippen LogP contribution is -2.33. The average Bonchev–Trinajstić information content (AvgIpc) is 2.16. The van der Waals surface area contributed by atoms with Crippen LogP contribution in [0.5, 0.6) is 0 Å². The third-order valence-corrected chi connectivity index (χ3v) is 2.78. The van der Waals surface area contributed by atoms with Gasteiger partial charge < -0.3 is 5.32 Å². The molecule has 0 spiro atoms. The van der Waals surface area contributed by atoms with Crippen molar-refractivity contribution in [3.8, 4) is 0 Å². The highest BCUT2D eigenvalue weighted by Crippen LogP contribution is 2.12. The van der Waals surface area contributed by atoms with E-state index in [-0.39, 0.29) is 25.4 Å². The van der Waals surface area contributed by atoms with Crippen LogP contribution in [-0.4, -0.2) is 11.9 Å². The predicted molar refractivity (Wildman–Crippen MR) is 80.9 cm³/mol. The second-order valence-corrected chi connectivity index (χ2v) is 5.43. The monoisotopic (exact) mass is 317 g/mol. The summed E-state index contributed by atoms with van der Waals surface area (Å²) in [5, 5.41) is 2.99. The maximum absolute atomic E-state index is 11.9. The molecule has 0 saturated carbocycles. The Hall–Kier alpha value is -0.480. The minimum atomic E-state index is -0.00514. The van der Waals surface area contributed by atoms with Gasteiger partial charge in [-0.15, -0.1) is 0 Å². The van der Waals surface area contributed by atoms with E-state index in [2.05, 4.69) is 35.1 Å². The third kappa shape index (κ3) is 6.13. The van der Waals surface area contributed by atoms with E-state index in [4.69, 9.17) is 0 Å². The largest absolute Gasteiger partial charge is 0.350 e. The number of amides is 1. The van der Waals surface area contributed by atoms with Crippen molar-refractivity contribution >= 4 is 35.3 Å². The minimum Gasteiger partial charge on any atom is -0.350 e. The molecule has 0 bridgehead atoms. The lowest BCUT2D eigenvalue weighted by Gasteiger charge is -2.15. The van der Waals surface area contributed by atoms with Crippen LogP contribution in [0.4, 0.5) is 0 Å². The summed E-state index contributed by atoms with van der Waals surface area (Å²) in [5.74, 6) is 0.590. The van der Waals surface area contributed by atoms with Gasteiger partial charge in [0, 0.05) is 16.1 Å². The number of carbonyl (C=O) groups is 1. The number of nitrogens with one attached hydrogen (secondary N) is 1. The molecule has 0 heterocycles. The smallest absolute Gasteiger partial charge is 0.251 e. The van der Waals surface area contributed by atoms with Crippen molar-refractivity contribution in [3.05, 3.63) is 34.3 Å². The molecular formula is C13H20BrNOS. The first-order valence-corrected chi connectivity index (χ1v) is 6.34. The van der Waals surface area contributed by atoms with E-state index in [0.717, 1.165) is 10.9 Å². The molecule has 0 radical (unpaired) electrons. The molecule has 2 nitrogen and oxygen atoms in total. The minimum absolute atomic E-state index is 0. The fourth-order valence-electron chi connectivity index (χ4n) is 1.70. The van der Waals surface area contributed by atoms with Gasteiger partial charge in [-0.3, -0.25) is 4.79 Å². The standard InChI is InChI=1S/C13H18BrNO.H2S/c1-9(2)7-10(3)15-13(16)11-5-4-6-12(14)8-11;/h4-6,8-10H,7H2,1-3H3,(H,15,16);1H2/t10-;/m0./s1. The number of halogens is 1. The molecule has 0 fully saturated rings. The normalized spacial score (nSPS) is 11.8. The molecule has 0 unspecified atom stereocenters. The maximum atomic E-state index is 11.9. The number of carbonyl (C=O) groups excluding carboxylic acids is 1. The Labute approximate surface area is 119 Å². The first kappa shape index (κ1) is 16.5. The Bertz CT molecular complexity index is 368. The van der Waals surface area contributed by atoms with Crippen molar-refractivity contribution in [2.24, 2.45) is 5.92 Å². The van der Waals surface area contributed by atoms with E-state index < -0.39 is 0 Å². The Balaban J connectivity index is 0.00000256. The molecule has 4 heteroatoms. The van der Waals surface area contributed by atoms with Gasteiger partial charge in [0.25, 0.3) is 5.91 Å². The summed E-state index contributed by atoms with van der Waals surface area (Å²) in [7, 11) is 0. The highest BCUT2D eigenvalue weighted by Gasteiger charge is 2.10. The van der Waals surface area contributed by atoms with Crippen LogP contribution < -0.4 is 5.32 Å². The van der Waals surface area contributed by atoms with Gasteiger partial charge in [0.15, 0.2) is 0 Å². The van der Waals surface area contributed by atoms with Gasteiger partial charge in [0.2, 0.25) is 0 Å². The molecule has 1 aromatic rings. The Morgan fingerprint density at radius 1 is 1.35 bits per heavy atom. The quantitative estimate of drug-likeness (QED) is 0.900. The van der Waals surface area contributed by atoms with Gasteiger partial charge in [-0.05, 0) is 37.5 Å². The van der Waals surface area contributed by atoms with Crippen molar-refractivity contribution in [2.45, 2.75) is 33.2 Å². The van der Waals surface area contributed by atoms with Gasteiger partial charge in [0.1, 0.15) is 0 Å². The van der Waals surface area contributed by atoms with E-state index in [1.54, 1.807) is 0 Å². The number of benzene rings is 1. The van der Waals surface area contributed by atoms with Crippen LogP contribution in [0, 0.1) is 5.92 Å². The molecule has 96 valence electrons. The zero-order valence-corrected chi connectivity index (χ0v) is 13.0. The van der Waals surface area contributed by atoms with Crippen LogP contribution in [0.2, 0.25) is 0 Å². The maximum Gasteiger partial charge on any atom is 0.251 e. The lowest BCUT2D eigenvalue weighted by molar-refractivity contribution is 0.0936. The number of hydrogen-bond donors (Lipinski definition) is 1. The molecule has 0 saturated heterocycles. The van der Waals surface area contributed by atoms with Crippen LogP contribution >= 0.6 is 29.4 Å². The van der Waals surface area contributed by atoms with Crippen LogP contribution in [0.1, 0.15) is 37.6 Å². The summed E-state index contributed by atoms with van der Waals surface area (Å²) in [6, 6.07) is 7.64. The van der Waals surface area contributed by atoms with E-state index in [1.807, 2.05) is 31.2 Å². The van der Waals surface area contributed by atoms with Gasteiger partial charge in [-0.1, -0.05) is 35.8 Å². The van der Waals surface area contributed by atoms with E-state index >= 15 is 0 Å². The van der Waals surface area contributed by atoms with Gasteiger partial charge >= 0.3 is 0 Å². The first-order chi connectivity index (χ1) is 7.49. The highest BCUT2D eigenvalue weighted by atomic mass is 79.9. The van der Waals surface area contributed by atoms with E-state index in [0.29, 0.717) is 11.5 Å². The average molecular weight is 318 g/mol.